The molecule has 16 heteroatoms. The van der Waals surface area contributed by atoms with Crippen molar-refractivity contribution < 1.29 is 37.4 Å². The fourth-order valence-corrected chi connectivity index (χ4v) is 6.82. The quantitative estimate of drug-likeness (QED) is 0.182. The summed E-state index contributed by atoms with van der Waals surface area (Å²) in [6.07, 6.45) is 4.50. The van der Waals surface area contributed by atoms with Crippen LogP contribution in [0, 0.1) is 11.6 Å². The van der Waals surface area contributed by atoms with E-state index in [-0.39, 0.29) is 34.7 Å². The zero-order valence-corrected chi connectivity index (χ0v) is 29.2. The highest BCUT2D eigenvalue weighted by atomic mass is 19.1. The molecule has 4 aromatic rings. The van der Waals surface area contributed by atoms with Crippen molar-refractivity contribution in [2.24, 2.45) is 0 Å². The fraction of sp³-hybridized carbons (Fsp3) is 0.389. The first kappa shape index (κ1) is 36.0. The number of hydrogen-bond acceptors (Lipinski definition) is 8. The summed E-state index contributed by atoms with van der Waals surface area (Å²) >= 11 is 0. The van der Waals surface area contributed by atoms with Gasteiger partial charge in [-0.15, -0.1) is 0 Å². The van der Waals surface area contributed by atoms with Gasteiger partial charge in [-0.3, -0.25) is 9.59 Å². The zero-order chi connectivity index (χ0) is 37.1. The Kier molecular flexibility index (Phi) is 10.5. The molecule has 4 amide bonds. The molecule has 52 heavy (non-hydrogen) atoms. The Morgan fingerprint density at radius 3 is 1.69 bits per heavy atom. The number of likely N-dealkylation sites (tertiary alicyclic amines) is 2. The Balaban J connectivity index is 1.14. The van der Waals surface area contributed by atoms with Crippen molar-refractivity contribution in [2.75, 3.05) is 27.3 Å². The van der Waals surface area contributed by atoms with Crippen LogP contribution in [0.1, 0.15) is 63.3 Å². The summed E-state index contributed by atoms with van der Waals surface area (Å²) in [6, 6.07) is 6.89. The van der Waals surface area contributed by atoms with Crippen molar-refractivity contribution in [3.8, 4) is 33.6 Å². The predicted molar refractivity (Wildman–Crippen MR) is 184 cm³/mol. The number of H-pyrrole nitrogens is 2. The highest BCUT2D eigenvalue weighted by molar-refractivity contribution is 5.86. The minimum absolute atomic E-state index is 0.00637. The molecule has 2 aromatic heterocycles. The van der Waals surface area contributed by atoms with Crippen LogP contribution in [0.3, 0.4) is 0 Å². The van der Waals surface area contributed by atoms with E-state index in [0.29, 0.717) is 55.3 Å². The van der Waals surface area contributed by atoms with Gasteiger partial charge < -0.3 is 39.9 Å². The third-order valence-corrected chi connectivity index (χ3v) is 9.53. The molecular weight excluding hydrogens is 678 g/mol. The van der Waals surface area contributed by atoms with Gasteiger partial charge in [0.1, 0.15) is 35.4 Å². The summed E-state index contributed by atoms with van der Waals surface area (Å²) in [5.74, 6) is -0.790. The van der Waals surface area contributed by atoms with E-state index in [1.54, 1.807) is 54.1 Å². The maximum absolute atomic E-state index is 15.6. The molecular formula is C36H40F2N8O6. The van der Waals surface area contributed by atoms with Crippen LogP contribution >= 0.6 is 0 Å². The first-order valence-electron chi connectivity index (χ1n) is 17.0. The number of amides is 4. The van der Waals surface area contributed by atoms with Crippen LogP contribution in [-0.4, -0.2) is 93.1 Å². The number of methoxy groups -OCH3 is 2. The Morgan fingerprint density at radius 1 is 0.731 bits per heavy atom. The summed E-state index contributed by atoms with van der Waals surface area (Å²) in [4.78, 5) is 67.9. The van der Waals surface area contributed by atoms with Gasteiger partial charge in [-0.05, 0) is 62.8 Å². The molecule has 274 valence electrons. The standard InChI is InChI=1S/C36H40F2N8O6/c1-19(41-35(49)51-3)33(47)45-13-5-7-29(45)31-39-17-27(43-31)22-11-9-21(10-12-22)23-15-26(38)24(16-25(23)37)28-18-40-32(44-28)30-8-6-14-46(30)34(48)20(2)42-36(50)52-4/h9-12,15-20,29-30H,5-8,13-14H2,1-4H3,(H,39,43)(H,40,44)(H,41,49)(H,42,50)/t19-,20-,29-,30-/m0/s1. The van der Waals surface area contributed by atoms with Crippen LogP contribution in [0.25, 0.3) is 33.6 Å². The Morgan fingerprint density at radius 2 is 1.17 bits per heavy atom. The lowest BCUT2D eigenvalue weighted by molar-refractivity contribution is -0.134. The second-order valence-corrected chi connectivity index (χ2v) is 12.8. The number of aromatic nitrogens is 4. The molecule has 0 radical (unpaired) electrons. The number of nitrogens with one attached hydrogen (secondary N) is 4. The van der Waals surface area contributed by atoms with Crippen LogP contribution in [0.5, 0.6) is 0 Å². The van der Waals surface area contributed by atoms with Crippen LogP contribution in [0.2, 0.25) is 0 Å². The number of aromatic amines is 2. The molecule has 0 aliphatic carbocycles. The maximum Gasteiger partial charge on any atom is 0.407 e. The Hall–Kier alpha value is -5.80. The van der Waals surface area contributed by atoms with E-state index < -0.39 is 41.9 Å². The molecule has 4 N–H and O–H groups in total. The molecule has 2 aromatic carbocycles. The number of carbonyl (C=O) groups excluding carboxylic acids is 4. The van der Waals surface area contributed by atoms with E-state index in [2.05, 4.69) is 40.0 Å². The van der Waals surface area contributed by atoms with Crippen molar-refractivity contribution in [2.45, 2.75) is 63.7 Å². The Bertz CT molecular complexity index is 1960. The van der Waals surface area contributed by atoms with Gasteiger partial charge in [-0.2, -0.15) is 0 Å². The second kappa shape index (κ2) is 15.2. The smallest absolute Gasteiger partial charge is 0.407 e. The number of ether oxygens (including phenoxy) is 2. The van der Waals surface area contributed by atoms with Gasteiger partial charge >= 0.3 is 12.2 Å². The van der Waals surface area contributed by atoms with E-state index in [9.17, 15) is 19.2 Å². The number of halogens is 2. The van der Waals surface area contributed by atoms with Gasteiger partial charge in [0.15, 0.2) is 0 Å². The third kappa shape index (κ3) is 7.31. The number of alkyl carbamates (subject to hydrolysis) is 2. The summed E-state index contributed by atoms with van der Waals surface area (Å²) in [5.41, 5.74) is 2.25. The van der Waals surface area contributed by atoms with Gasteiger partial charge in [0.2, 0.25) is 11.8 Å². The third-order valence-electron chi connectivity index (χ3n) is 9.53. The summed E-state index contributed by atoms with van der Waals surface area (Å²) in [7, 11) is 2.45. The molecule has 4 heterocycles. The monoisotopic (exact) mass is 718 g/mol. The van der Waals surface area contributed by atoms with E-state index in [4.69, 9.17) is 0 Å². The minimum Gasteiger partial charge on any atom is -0.453 e. The van der Waals surface area contributed by atoms with Crippen LogP contribution < -0.4 is 10.6 Å². The van der Waals surface area contributed by atoms with Crippen molar-refractivity contribution in [1.29, 1.82) is 0 Å². The Labute approximate surface area is 298 Å². The number of carbonyl (C=O) groups is 4. The van der Waals surface area contributed by atoms with E-state index in [1.807, 2.05) is 0 Å². The van der Waals surface area contributed by atoms with Gasteiger partial charge in [-0.1, -0.05) is 24.3 Å². The fourth-order valence-electron chi connectivity index (χ4n) is 6.82. The molecule has 2 aliphatic heterocycles. The highest BCUT2D eigenvalue weighted by Gasteiger charge is 2.36. The number of benzene rings is 2. The predicted octanol–water partition coefficient (Wildman–Crippen LogP) is 5.23. The molecule has 2 saturated heterocycles. The van der Waals surface area contributed by atoms with Crippen molar-refractivity contribution in [3.05, 3.63) is 72.1 Å². The van der Waals surface area contributed by atoms with Gasteiger partial charge in [0, 0.05) is 24.2 Å². The maximum atomic E-state index is 15.6. The van der Waals surface area contributed by atoms with Gasteiger partial charge in [-0.25, -0.2) is 28.3 Å². The zero-order valence-electron chi connectivity index (χ0n) is 29.2. The molecule has 0 bridgehead atoms. The number of nitrogens with zero attached hydrogens (tertiary/aromatic N) is 4. The number of imidazole rings is 2. The number of hydrogen-bond donors (Lipinski definition) is 4. The summed E-state index contributed by atoms with van der Waals surface area (Å²) in [6.45, 7) is 4.16. The topological polar surface area (TPSA) is 175 Å². The lowest BCUT2D eigenvalue weighted by Crippen LogP contribution is -2.46. The van der Waals surface area contributed by atoms with E-state index in [1.165, 1.54) is 20.4 Å². The van der Waals surface area contributed by atoms with Crippen molar-refractivity contribution >= 4 is 24.0 Å². The SMILES string of the molecule is COC(=O)N[C@@H](C)C(=O)N1CCC[C@H]1c1ncc(-c2ccc(-c3cc(F)c(-c4cnc([C@@H]5CCCN5C(=O)[C@H](C)NC(=O)OC)[nH]4)cc3F)cc2)[nH]1. The van der Waals surface area contributed by atoms with E-state index >= 15 is 8.78 Å². The van der Waals surface area contributed by atoms with Crippen LogP contribution in [0.15, 0.2) is 48.8 Å². The molecule has 4 atom stereocenters. The normalized spacial score (nSPS) is 18.2. The van der Waals surface area contributed by atoms with Crippen molar-refractivity contribution in [3.63, 3.8) is 0 Å². The lowest BCUT2D eigenvalue weighted by atomic mass is 10.00. The first-order chi connectivity index (χ1) is 25.0. The molecule has 2 aliphatic rings. The molecule has 0 spiro atoms. The van der Waals surface area contributed by atoms with Gasteiger partial charge in [0.05, 0.1) is 50.1 Å². The molecule has 0 unspecified atom stereocenters. The number of rotatable bonds is 9. The average molecular weight is 719 g/mol. The largest absolute Gasteiger partial charge is 0.453 e. The average Bonchev–Trinajstić information content (AvgIpc) is 3.98. The lowest BCUT2D eigenvalue weighted by Gasteiger charge is -2.26. The second-order valence-electron chi connectivity index (χ2n) is 12.8. The van der Waals surface area contributed by atoms with Gasteiger partial charge in [0.25, 0.3) is 0 Å². The highest BCUT2D eigenvalue weighted by Crippen LogP contribution is 2.36. The molecule has 0 saturated carbocycles. The van der Waals surface area contributed by atoms with E-state index in [0.717, 1.165) is 24.1 Å². The molecule has 2 fully saturated rings. The minimum atomic E-state index is -0.819. The van der Waals surface area contributed by atoms with Crippen LogP contribution in [0.4, 0.5) is 18.4 Å². The molecule has 6 rings (SSSR count). The van der Waals surface area contributed by atoms with Crippen LogP contribution in [-0.2, 0) is 19.1 Å². The molecule has 14 nitrogen and oxygen atoms in total. The summed E-state index contributed by atoms with van der Waals surface area (Å²) < 4.78 is 40.3. The first-order valence-corrected chi connectivity index (χ1v) is 17.0. The summed E-state index contributed by atoms with van der Waals surface area (Å²) in [5, 5.41) is 4.98. The van der Waals surface area contributed by atoms with Crippen molar-refractivity contribution in [1.82, 2.24) is 40.4 Å².